The Hall–Kier alpha value is -2.37. The number of aromatic nitrogens is 1. The summed E-state index contributed by atoms with van der Waals surface area (Å²) in [7, 11) is -5.99. The molecule has 33 heavy (non-hydrogen) atoms. The van der Waals surface area contributed by atoms with E-state index in [0.717, 1.165) is 44.9 Å². The maximum absolute atomic E-state index is 13.0. The summed E-state index contributed by atoms with van der Waals surface area (Å²) in [6.45, 7) is 1.34. The molecule has 1 aromatic heterocycles. The van der Waals surface area contributed by atoms with Crippen LogP contribution < -0.4 is 4.72 Å². The minimum Gasteiger partial charge on any atom is -0.356 e. The molecule has 0 atom stereocenters. The maximum atomic E-state index is 13.0. The average Bonchev–Trinajstić information content (AvgIpc) is 3.52. The van der Waals surface area contributed by atoms with Crippen molar-refractivity contribution in [2.45, 2.75) is 60.8 Å². The van der Waals surface area contributed by atoms with Crippen LogP contribution in [0.3, 0.4) is 0 Å². The summed E-state index contributed by atoms with van der Waals surface area (Å²) in [4.78, 5) is 17.0. The van der Waals surface area contributed by atoms with Gasteiger partial charge in [0.2, 0.25) is 10.0 Å². The zero-order valence-corrected chi connectivity index (χ0v) is 20.3. The zero-order chi connectivity index (χ0) is 23.6. The Balaban J connectivity index is 1.45. The molecular formula is C22H30N4O5S2. The predicted octanol–water partition coefficient (Wildman–Crippen LogP) is 3.00. The van der Waals surface area contributed by atoms with Crippen LogP contribution in [0.2, 0.25) is 0 Å². The fraction of sp³-hybridized carbons (Fsp3) is 0.500. The van der Waals surface area contributed by atoms with E-state index in [1.165, 1.54) is 40.8 Å². The molecule has 4 rings (SSSR count). The zero-order valence-electron chi connectivity index (χ0n) is 18.7. The van der Waals surface area contributed by atoms with Crippen molar-refractivity contribution in [3.8, 4) is 0 Å². The Morgan fingerprint density at radius 1 is 0.970 bits per heavy atom. The number of hydrogen-bond acceptors (Lipinski definition) is 5. The highest BCUT2D eigenvalue weighted by Crippen LogP contribution is 2.27. The van der Waals surface area contributed by atoms with Crippen molar-refractivity contribution in [1.29, 1.82) is 0 Å². The van der Waals surface area contributed by atoms with Gasteiger partial charge < -0.3 is 9.88 Å². The van der Waals surface area contributed by atoms with E-state index >= 15 is 0 Å². The standard InChI is InChI=1S/C22H30N4O5S2/c1-25(18-7-3-2-4-8-18)33(30,31)19-11-9-17(10-12-19)24-32(28,29)20-15-21(23-16-20)22(27)26-13-5-6-14-26/h9-12,15-16,18,23-24H,2-8,13-14H2,1H3. The number of anilines is 1. The molecule has 9 nitrogen and oxygen atoms in total. The second kappa shape index (κ2) is 9.47. The highest BCUT2D eigenvalue weighted by Gasteiger charge is 2.29. The molecule has 0 radical (unpaired) electrons. The smallest absolute Gasteiger partial charge is 0.270 e. The topological polar surface area (TPSA) is 120 Å². The highest BCUT2D eigenvalue weighted by molar-refractivity contribution is 7.92. The number of aromatic amines is 1. The van der Waals surface area contributed by atoms with Crippen LogP contribution in [0.25, 0.3) is 0 Å². The largest absolute Gasteiger partial charge is 0.356 e. The van der Waals surface area contributed by atoms with Crippen molar-refractivity contribution in [2.24, 2.45) is 0 Å². The number of sulfonamides is 2. The highest BCUT2D eigenvalue weighted by atomic mass is 32.2. The van der Waals surface area contributed by atoms with Crippen LogP contribution in [0.4, 0.5) is 5.69 Å². The van der Waals surface area contributed by atoms with Crippen LogP contribution in [0, 0.1) is 0 Å². The number of likely N-dealkylation sites (tertiary alicyclic amines) is 1. The van der Waals surface area contributed by atoms with Crippen LogP contribution >= 0.6 is 0 Å². The lowest BCUT2D eigenvalue weighted by atomic mass is 9.96. The van der Waals surface area contributed by atoms with Gasteiger partial charge >= 0.3 is 0 Å². The molecule has 2 N–H and O–H groups in total. The summed E-state index contributed by atoms with van der Waals surface area (Å²) in [5.41, 5.74) is 0.465. The van der Waals surface area contributed by atoms with Gasteiger partial charge in [0, 0.05) is 38.1 Å². The molecular weight excluding hydrogens is 464 g/mol. The molecule has 1 amide bonds. The summed E-state index contributed by atoms with van der Waals surface area (Å²) >= 11 is 0. The Morgan fingerprint density at radius 2 is 1.61 bits per heavy atom. The number of rotatable bonds is 7. The summed E-state index contributed by atoms with van der Waals surface area (Å²) in [6, 6.07) is 7.00. The van der Waals surface area contributed by atoms with Gasteiger partial charge in [-0.3, -0.25) is 9.52 Å². The molecule has 0 spiro atoms. The van der Waals surface area contributed by atoms with Gasteiger partial charge in [-0.2, -0.15) is 4.31 Å². The third kappa shape index (κ3) is 5.10. The molecule has 1 saturated heterocycles. The van der Waals surface area contributed by atoms with Crippen LogP contribution in [0.5, 0.6) is 0 Å². The van der Waals surface area contributed by atoms with Crippen molar-refractivity contribution >= 4 is 31.6 Å². The molecule has 2 heterocycles. The monoisotopic (exact) mass is 494 g/mol. The number of amides is 1. The Kier molecular flexibility index (Phi) is 6.83. The third-order valence-corrected chi connectivity index (χ3v) is 9.75. The summed E-state index contributed by atoms with van der Waals surface area (Å²) in [5, 5.41) is 0. The van der Waals surface area contributed by atoms with E-state index in [1.54, 1.807) is 11.9 Å². The second-order valence-corrected chi connectivity index (χ2v) is 12.4. The first kappa shape index (κ1) is 23.8. The molecule has 2 fully saturated rings. The van der Waals surface area contributed by atoms with E-state index < -0.39 is 20.0 Å². The van der Waals surface area contributed by atoms with Gasteiger partial charge in [-0.15, -0.1) is 0 Å². The van der Waals surface area contributed by atoms with E-state index in [4.69, 9.17) is 0 Å². The van der Waals surface area contributed by atoms with Crippen molar-refractivity contribution in [1.82, 2.24) is 14.2 Å². The van der Waals surface area contributed by atoms with Gasteiger partial charge in [0.05, 0.1) is 4.90 Å². The van der Waals surface area contributed by atoms with Crippen LogP contribution in [0.1, 0.15) is 55.4 Å². The van der Waals surface area contributed by atoms with E-state index in [0.29, 0.717) is 13.1 Å². The van der Waals surface area contributed by atoms with Crippen LogP contribution in [-0.2, 0) is 20.0 Å². The molecule has 180 valence electrons. The first-order chi connectivity index (χ1) is 15.7. The van der Waals surface area contributed by atoms with Gasteiger partial charge in [0.25, 0.3) is 15.9 Å². The molecule has 1 aliphatic carbocycles. The number of carbonyl (C=O) groups excluding carboxylic acids is 1. The lowest BCUT2D eigenvalue weighted by molar-refractivity contribution is 0.0787. The Labute approximate surface area is 195 Å². The number of hydrogen-bond donors (Lipinski definition) is 2. The molecule has 0 bridgehead atoms. The van der Waals surface area contributed by atoms with Crippen molar-refractivity contribution in [2.75, 3.05) is 24.9 Å². The van der Waals surface area contributed by atoms with Crippen molar-refractivity contribution < 1.29 is 21.6 Å². The normalized spacial score (nSPS) is 18.1. The van der Waals surface area contributed by atoms with Gasteiger partial charge in [-0.25, -0.2) is 16.8 Å². The third-order valence-electron chi connectivity index (χ3n) is 6.46. The minimum absolute atomic E-state index is 0.00649. The van der Waals surface area contributed by atoms with E-state index in [1.807, 2.05) is 0 Å². The molecule has 0 unspecified atom stereocenters. The fourth-order valence-electron chi connectivity index (χ4n) is 4.46. The summed E-state index contributed by atoms with van der Waals surface area (Å²) in [5.74, 6) is -0.217. The fourth-order valence-corrected chi connectivity index (χ4v) is 6.93. The molecule has 1 aromatic carbocycles. The summed E-state index contributed by atoms with van der Waals surface area (Å²) in [6.07, 6.45) is 8.06. The van der Waals surface area contributed by atoms with Crippen LogP contribution in [0.15, 0.2) is 46.3 Å². The predicted molar refractivity (Wildman–Crippen MR) is 125 cm³/mol. The van der Waals surface area contributed by atoms with E-state index in [2.05, 4.69) is 9.71 Å². The molecule has 1 aliphatic heterocycles. The van der Waals surface area contributed by atoms with Gasteiger partial charge in [-0.1, -0.05) is 19.3 Å². The van der Waals surface area contributed by atoms with Crippen molar-refractivity contribution in [3.05, 3.63) is 42.2 Å². The number of carbonyl (C=O) groups is 1. The molecule has 11 heteroatoms. The number of nitrogens with zero attached hydrogens (tertiary/aromatic N) is 2. The maximum Gasteiger partial charge on any atom is 0.270 e. The van der Waals surface area contributed by atoms with Crippen molar-refractivity contribution in [3.63, 3.8) is 0 Å². The second-order valence-electron chi connectivity index (χ2n) is 8.69. The van der Waals surface area contributed by atoms with E-state index in [9.17, 15) is 21.6 Å². The number of benzene rings is 1. The molecule has 2 aliphatic rings. The molecule has 2 aromatic rings. The average molecular weight is 495 g/mol. The lowest BCUT2D eigenvalue weighted by Crippen LogP contribution is -2.38. The first-order valence-electron chi connectivity index (χ1n) is 11.3. The SMILES string of the molecule is CN(C1CCCCC1)S(=O)(=O)c1ccc(NS(=O)(=O)c2c[nH]c(C(=O)N3CCCC3)c2)cc1. The van der Waals surface area contributed by atoms with Crippen LogP contribution in [-0.4, -0.2) is 63.1 Å². The minimum atomic E-state index is -3.94. The Morgan fingerprint density at radius 3 is 2.24 bits per heavy atom. The van der Waals surface area contributed by atoms with E-state index in [-0.39, 0.29) is 33.1 Å². The van der Waals surface area contributed by atoms with Gasteiger partial charge in [0.15, 0.2) is 0 Å². The molecule has 1 saturated carbocycles. The van der Waals surface area contributed by atoms with Gasteiger partial charge in [-0.05, 0) is 56.0 Å². The quantitative estimate of drug-likeness (QED) is 0.613. The van der Waals surface area contributed by atoms with Gasteiger partial charge in [0.1, 0.15) is 10.6 Å². The first-order valence-corrected chi connectivity index (χ1v) is 14.2. The summed E-state index contributed by atoms with van der Waals surface area (Å²) < 4.78 is 55.4. The number of nitrogens with one attached hydrogen (secondary N) is 2. The number of H-pyrrole nitrogens is 1. The Bertz CT molecular complexity index is 1190. The lowest BCUT2D eigenvalue weighted by Gasteiger charge is -2.30.